The van der Waals surface area contributed by atoms with Crippen LogP contribution in [0, 0.1) is 5.41 Å². The minimum absolute atomic E-state index is 0.145. The van der Waals surface area contributed by atoms with Crippen LogP contribution in [0.15, 0.2) is 0 Å². The second kappa shape index (κ2) is 3.50. The normalized spacial score (nSPS) is 25.2. The maximum absolute atomic E-state index is 10.5. The predicted molar refractivity (Wildman–Crippen MR) is 51.0 cm³/mol. The van der Waals surface area contributed by atoms with Crippen molar-refractivity contribution < 1.29 is 14.6 Å². The summed E-state index contributed by atoms with van der Waals surface area (Å²) in [7, 11) is 0. The first-order valence-electron chi connectivity index (χ1n) is 4.61. The van der Waals surface area contributed by atoms with E-state index in [4.69, 9.17) is 9.84 Å². The lowest BCUT2D eigenvalue weighted by Gasteiger charge is -2.26. The summed E-state index contributed by atoms with van der Waals surface area (Å²) in [5, 5.41) is 9.32. The molecule has 13 heavy (non-hydrogen) atoms. The molecule has 0 radical (unpaired) electrons. The zero-order valence-corrected chi connectivity index (χ0v) is 8.31. The van der Waals surface area contributed by atoms with Crippen molar-refractivity contribution in [2.45, 2.75) is 24.5 Å². The summed E-state index contributed by atoms with van der Waals surface area (Å²) in [4.78, 5) is 10.5. The van der Waals surface area contributed by atoms with Crippen LogP contribution in [0.25, 0.3) is 0 Å². The van der Waals surface area contributed by atoms with Crippen molar-refractivity contribution >= 4 is 17.7 Å². The molecule has 3 nitrogen and oxygen atoms in total. The molecule has 4 heteroatoms. The molecule has 2 fully saturated rings. The first kappa shape index (κ1) is 9.34. The van der Waals surface area contributed by atoms with Gasteiger partial charge in [-0.05, 0) is 24.0 Å². The molecule has 0 atom stereocenters. The highest BCUT2D eigenvalue weighted by Crippen LogP contribution is 2.51. The summed E-state index contributed by atoms with van der Waals surface area (Å²) in [5.41, 5.74) is 0.145. The number of rotatable bonds is 5. The number of carboxylic acid groups (broad SMARTS) is 1. The molecule has 0 bridgehead atoms. The molecular weight excluding hydrogens is 188 g/mol. The first-order chi connectivity index (χ1) is 6.20. The van der Waals surface area contributed by atoms with Gasteiger partial charge in [-0.2, -0.15) is 11.8 Å². The van der Waals surface area contributed by atoms with Crippen LogP contribution >= 0.6 is 11.8 Å². The predicted octanol–water partition coefficient (Wildman–Crippen LogP) is 1.37. The van der Waals surface area contributed by atoms with E-state index in [1.807, 2.05) is 11.8 Å². The maximum atomic E-state index is 10.5. The molecular formula is C9H14O3S. The molecule has 0 aromatic heterocycles. The van der Waals surface area contributed by atoms with Crippen LogP contribution in [0.2, 0.25) is 0 Å². The monoisotopic (exact) mass is 202 g/mol. The fraction of sp³-hybridized carbons (Fsp3) is 0.889. The Morgan fingerprint density at radius 1 is 1.54 bits per heavy atom. The van der Waals surface area contributed by atoms with E-state index < -0.39 is 5.97 Å². The van der Waals surface area contributed by atoms with E-state index in [1.54, 1.807) is 0 Å². The lowest BCUT2D eigenvalue weighted by molar-refractivity contribution is -0.138. The van der Waals surface area contributed by atoms with Gasteiger partial charge in [-0.15, -0.1) is 0 Å². The lowest BCUT2D eigenvalue weighted by Crippen LogP contribution is -2.31. The summed E-state index contributed by atoms with van der Waals surface area (Å²) < 4.78 is 5.06. The molecule has 1 aliphatic carbocycles. The van der Waals surface area contributed by atoms with Gasteiger partial charge in [0, 0.05) is 0 Å². The molecule has 2 aliphatic rings. The van der Waals surface area contributed by atoms with Gasteiger partial charge in [0.1, 0.15) is 0 Å². The van der Waals surface area contributed by atoms with Crippen molar-refractivity contribution in [3.05, 3.63) is 0 Å². The SMILES string of the molecule is O=C(O)CC1(CSC2COC2)CC1. The Morgan fingerprint density at radius 3 is 2.62 bits per heavy atom. The van der Waals surface area contributed by atoms with E-state index in [2.05, 4.69) is 0 Å². The molecule has 1 saturated carbocycles. The van der Waals surface area contributed by atoms with Crippen molar-refractivity contribution in [2.75, 3.05) is 19.0 Å². The molecule has 1 N–H and O–H groups in total. The van der Waals surface area contributed by atoms with Crippen molar-refractivity contribution in [3.8, 4) is 0 Å². The van der Waals surface area contributed by atoms with Gasteiger partial charge >= 0.3 is 5.97 Å². The number of carbonyl (C=O) groups is 1. The quantitative estimate of drug-likeness (QED) is 0.731. The minimum Gasteiger partial charge on any atom is -0.481 e. The van der Waals surface area contributed by atoms with Gasteiger partial charge in [0.15, 0.2) is 0 Å². The van der Waals surface area contributed by atoms with Crippen LogP contribution < -0.4 is 0 Å². The summed E-state index contributed by atoms with van der Waals surface area (Å²) in [6.07, 6.45) is 2.55. The highest BCUT2D eigenvalue weighted by molar-refractivity contribution is 8.00. The van der Waals surface area contributed by atoms with Crippen LogP contribution in [0.1, 0.15) is 19.3 Å². The third-order valence-corrected chi connectivity index (χ3v) is 4.24. The van der Waals surface area contributed by atoms with Gasteiger partial charge in [-0.25, -0.2) is 0 Å². The topological polar surface area (TPSA) is 46.5 Å². The van der Waals surface area contributed by atoms with E-state index in [1.165, 1.54) is 0 Å². The Kier molecular flexibility index (Phi) is 2.51. The number of hydrogen-bond donors (Lipinski definition) is 1. The standard InChI is InChI=1S/C9H14O3S/c10-8(11)3-9(1-2-9)6-13-7-4-12-5-7/h7H,1-6H2,(H,10,11). The van der Waals surface area contributed by atoms with E-state index in [0.29, 0.717) is 11.7 Å². The van der Waals surface area contributed by atoms with Gasteiger partial charge < -0.3 is 9.84 Å². The summed E-state index contributed by atoms with van der Waals surface area (Å²) in [5.74, 6) is 0.357. The number of hydrogen-bond acceptors (Lipinski definition) is 3. The Morgan fingerprint density at radius 2 is 2.23 bits per heavy atom. The second-order valence-electron chi connectivity index (χ2n) is 4.04. The molecule has 0 unspecified atom stereocenters. The number of carboxylic acids is 1. The second-order valence-corrected chi connectivity index (χ2v) is 5.33. The van der Waals surface area contributed by atoms with E-state index in [9.17, 15) is 4.79 Å². The Hall–Kier alpha value is -0.220. The van der Waals surface area contributed by atoms with E-state index in [-0.39, 0.29) is 5.41 Å². The van der Waals surface area contributed by atoms with Crippen LogP contribution in [-0.2, 0) is 9.53 Å². The Bertz CT molecular complexity index is 209. The summed E-state index contributed by atoms with van der Waals surface area (Å²) >= 11 is 1.89. The van der Waals surface area contributed by atoms with Crippen LogP contribution in [0.5, 0.6) is 0 Å². The van der Waals surface area contributed by atoms with Gasteiger partial charge in [-0.1, -0.05) is 0 Å². The lowest BCUT2D eigenvalue weighted by atomic mass is 10.1. The van der Waals surface area contributed by atoms with E-state index >= 15 is 0 Å². The third-order valence-electron chi connectivity index (χ3n) is 2.72. The molecule has 1 heterocycles. The number of ether oxygens (including phenoxy) is 1. The average Bonchev–Trinajstić information content (AvgIpc) is 2.64. The van der Waals surface area contributed by atoms with Crippen molar-refractivity contribution in [1.82, 2.24) is 0 Å². The molecule has 0 spiro atoms. The fourth-order valence-electron chi connectivity index (χ4n) is 1.47. The third kappa shape index (κ3) is 2.38. The van der Waals surface area contributed by atoms with Gasteiger partial charge in [0.2, 0.25) is 0 Å². The zero-order chi connectivity index (χ0) is 9.31. The molecule has 0 aromatic rings. The minimum atomic E-state index is -0.650. The van der Waals surface area contributed by atoms with E-state index in [0.717, 1.165) is 31.8 Å². The van der Waals surface area contributed by atoms with Gasteiger partial charge in [0.05, 0.1) is 24.9 Å². The largest absolute Gasteiger partial charge is 0.481 e. The highest BCUT2D eigenvalue weighted by atomic mass is 32.2. The molecule has 1 saturated heterocycles. The van der Waals surface area contributed by atoms with Crippen LogP contribution in [0.3, 0.4) is 0 Å². The molecule has 74 valence electrons. The molecule has 2 rings (SSSR count). The Labute approximate surface area is 81.8 Å². The molecule has 1 aliphatic heterocycles. The van der Waals surface area contributed by atoms with Crippen molar-refractivity contribution in [1.29, 1.82) is 0 Å². The maximum Gasteiger partial charge on any atom is 0.303 e. The first-order valence-corrected chi connectivity index (χ1v) is 5.66. The van der Waals surface area contributed by atoms with Crippen LogP contribution in [-0.4, -0.2) is 35.3 Å². The zero-order valence-electron chi connectivity index (χ0n) is 7.49. The smallest absolute Gasteiger partial charge is 0.303 e. The Balaban J connectivity index is 1.70. The summed E-state index contributed by atoms with van der Waals surface area (Å²) in [6.45, 7) is 1.71. The number of aliphatic carboxylic acids is 1. The van der Waals surface area contributed by atoms with Crippen LogP contribution in [0.4, 0.5) is 0 Å². The molecule has 0 aromatic carbocycles. The van der Waals surface area contributed by atoms with Crippen molar-refractivity contribution in [3.63, 3.8) is 0 Å². The molecule has 0 amide bonds. The average molecular weight is 202 g/mol. The highest BCUT2D eigenvalue weighted by Gasteiger charge is 2.44. The number of thioether (sulfide) groups is 1. The van der Waals surface area contributed by atoms with Crippen molar-refractivity contribution in [2.24, 2.45) is 5.41 Å². The summed E-state index contributed by atoms with van der Waals surface area (Å²) in [6, 6.07) is 0. The fourth-order valence-corrected chi connectivity index (χ4v) is 2.84. The van der Waals surface area contributed by atoms with Gasteiger partial charge in [-0.3, -0.25) is 4.79 Å². The van der Waals surface area contributed by atoms with Gasteiger partial charge in [0.25, 0.3) is 0 Å².